The molecule has 4 heteroatoms. The zero-order valence-electron chi connectivity index (χ0n) is 10.3. The van der Waals surface area contributed by atoms with Gasteiger partial charge in [0.15, 0.2) is 0 Å². The summed E-state index contributed by atoms with van der Waals surface area (Å²) in [6.07, 6.45) is 0. The standard InChI is InChI=1S/C14H15ClFNO/c1-9(2)17-8-11-4-6-14(18-11)12-5-3-10(16)7-13(12)15/h3-7,9,17H,8H2,1-2H3. The third kappa shape index (κ3) is 3.12. The molecule has 2 nitrogen and oxygen atoms in total. The fourth-order valence-corrected chi connectivity index (χ4v) is 1.87. The van der Waals surface area contributed by atoms with Gasteiger partial charge in [0.2, 0.25) is 0 Å². The van der Waals surface area contributed by atoms with Gasteiger partial charge in [-0.2, -0.15) is 0 Å². The first-order valence-corrected chi connectivity index (χ1v) is 6.21. The minimum atomic E-state index is -0.350. The number of furan rings is 1. The molecule has 1 aromatic heterocycles. The van der Waals surface area contributed by atoms with Crippen molar-refractivity contribution in [1.29, 1.82) is 0 Å². The van der Waals surface area contributed by atoms with Crippen LogP contribution in [0.1, 0.15) is 19.6 Å². The Bertz CT molecular complexity index is 536. The van der Waals surface area contributed by atoms with Crippen LogP contribution in [0.5, 0.6) is 0 Å². The van der Waals surface area contributed by atoms with Gasteiger partial charge in [0.25, 0.3) is 0 Å². The van der Waals surface area contributed by atoms with Crippen molar-refractivity contribution in [3.8, 4) is 11.3 Å². The Morgan fingerprint density at radius 1 is 1.28 bits per heavy atom. The first kappa shape index (κ1) is 13.1. The van der Waals surface area contributed by atoms with Crippen molar-refractivity contribution in [3.05, 3.63) is 46.9 Å². The minimum Gasteiger partial charge on any atom is -0.460 e. The molecule has 0 amide bonds. The Labute approximate surface area is 111 Å². The minimum absolute atomic E-state index is 0.350. The number of nitrogens with one attached hydrogen (secondary N) is 1. The Morgan fingerprint density at radius 2 is 2.06 bits per heavy atom. The van der Waals surface area contributed by atoms with Gasteiger partial charge in [-0.25, -0.2) is 4.39 Å². The van der Waals surface area contributed by atoms with Gasteiger partial charge in [0.05, 0.1) is 11.6 Å². The maximum Gasteiger partial charge on any atom is 0.135 e. The quantitative estimate of drug-likeness (QED) is 0.896. The average molecular weight is 268 g/mol. The van der Waals surface area contributed by atoms with Crippen molar-refractivity contribution in [3.63, 3.8) is 0 Å². The van der Waals surface area contributed by atoms with E-state index in [0.717, 1.165) is 5.76 Å². The summed E-state index contributed by atoms with van der Waals surface area (Å²) in [7, 11) is 0. The first-order valence-electron chi connectivity index (χ1n) is 5.84. The molecular weight excluding hydrogens is 253 g/mol. The fourth-order valence-electron chi connectivity index (χ4n) is 1.61. The molecule has 1 heterocycles. The van der Waals surface area contributed by atoms with Crippen LogP contribution in [0.15, 0.2) is 34.7 Å². The van der Waals surface area contributed by atoms with E-state index in [9.17, 15) is 4.39 Å². The number of hydrogen-bond acceptors (Lipinski definition) is 2. The SMILES string of the molecule is CC(C)NCc1ccc(-c2ccc(F)cc2Cl)o1. The van der Waals surface area contributed by atoms with Gasteiger partial charge in [-0.3, -0.25) is 0 Å². The maximum atomic E-state index is 13.0. The molecule has 2 rings (SSSR count). The molecule has 96 valence electrons. The monoisotopic (exact) mass is 267 g/mol. The highest BCUT2D eigenvalue weighted by Gasteiger charge is 2.09. The van der Waals surface area contributed by atoms with Crippen LogP contribution in [-0.2, 0) is 6.54 Å². The van der Waals surface area contributed by atoms with E-state index in [0.29, 0.717) is 28.9 Å². The number of rotatable bonds is 4. The highest BCUT2D eigenvalue weighted by atomic mass is 35.5. The van der Waals surface area contributed by atoms with Crippen molar-refractivity contribution < 1.29 is 8.81 Å². The summed E-state index contributed by atoms with van der Waals surface area (Å²) >= 11 is 5.99. The summed E-state index contributed by atoms with van der Waals surface area (Å²) in [6, 6.07) is 8.41. The van der Waals surface area contributed by atoms with Gasteiger partial charge in [0, 0.05) is 11.6 Å². The molecule has 0 aliphatic heterocycles. The number of halogens is 2. The normalized spacial score (nSPS) is 11.2. The van der Waals surface area contributed by atoms with Crippen LogP contribution >= 0.6 is 11.6 Å². The van der Waals surface area contributed by atoms with E-state index in [2.05, 4.69) is 19.2 Å². The van der Waals surface area contributed by atoms with Crippen LogP contribution in [0.2, 0.25) is 5.02 Å². The smallest absolute Gasteiger partial charge is 0.135 e. The second kappa shape index (κ2) is 5.55. The van der Waals surface area contributed by atoms with Crippen molar-refractivity contribution in [2.75, 3.05) is 0 Å². The lowest BCUT2D eigenvalue weighted by atomic mass is 10.2. The van der Waals surface area contributed by atoms with Gasteiger partial charge in [-0.1, -0.05) is 25.4 Å². The summed E-state index contributed by atoms with van der Waals surface area (Å²) in [5, 5.41) is 3.62. The molecule has 2 aromatic rings. The second-order valence-electron chi connectivity index (χ2n) is 4.43. The number of hydrogen-bond donors (Lipinski definition) is 1. The van der Waals surface area contributed by atoms with Gasteiger partial charge in [-0.05, 0) is 30.3 Å². The van der Waals surface area contributed by atoms with Crippen molar-refractivity contribution in [2.24, 2.45) is 0 Å². The Morgan fingerprint density at radius 3 is 2.72 bits per heavy atom. The molecular formula is C14H15ClFNO. The van der Waals surface area contributed by atoms with Crippen LogP contribution < -0.4 is 5.32 Å². The van der Waals surface area contributed by atoms with E-state index in [1.807, 2.05) is 12.1 Å². The molecule has 1 aromatic carbocycles. The van der Waals surface area contributed by atoms with Crippen molar-refractivity contribution in [2.45, 2.75) is 26.4 Å². The Balaban J connectivity index is 2.18. The van der Waals surface area contributed by atoms with Crippen LogP contribution in [0.25, 0.3) is 11.3 Å². The highest BCUT2D eigenvalue weighted by molar-refractivity contribution is 6.33. The highest BCUT2D eigenvalue weighted by Crippen LogP contribution is 2.29. The van der Waals surface area contributed by atoms with E-state index < -0.39 is 0 Å². The van der Waals surface area contributed by atoms with Gasteiger partial charge in [-0.15, -0.1) is 0 Å². The molecule has 0 fully saturated rings. The maximum absolute atomic E-state index is 13.0. The van der Waals surface area contributed by atoms with E-state index >= 15 is 0 Å². The van der Waals surface area contributed by atoms with Crippen molar-refractivity contribution >= 4 is 11.6 Å². The average Bonchev–Trinajstić information content (AvgIpc) is 2.75. The van der Waals surface area contributed by atoms with E-state index in [4.69, 9.17) is 16.0 Å². The molecule has 0 atom stereocenters. The van der Waals surface area contributed by atoms with Crippen LogP contribution in [-0.4, -0.2) is 6.04 Å². The van der Waals surface area contributed by atoms with Gasteiger partial charge >= 0.3 is 0 Å². The molecule has 18 heavy (non-hydrogen) atoms. The predicted molar refractivity (Wildman–Crippen MR) is 71.1 cm³/mol. The fraction of sp³-hybridized carbons (Fsp3) is 0.286. The zero-order chi connectivity index (χ0) is 13.1. The molecule has 0 unspecified atom stereocenters. The largest absolute Gasteiger partial charge is 0.460 e. The predicted octanol–water partition coefficient (Wildman–Crippen LogP) is 4.24. The Kier molecular flexibility index (Phi) is 4.04. The summed E-state index contributed by atoms with van der Waals surface area (Å²) in [6.45, 7) is 4.80. The van der Waals surface area contributed by atoms with Crippen molar-refractivity contribution in [1.82, 2.24) is 5.32 Å². The summed E-state index contributed by atoms with van der Waals surface area (Å²) in [5.41, 5.74) is 0.703. The first-order chi connectivity index (χ1) is 8.56. The van der Waals surface area contributed by atoms with Crippen LogP contribution in [0.4, 0.5) is 4.39 Å². The lowest BCUT2D eigenvalue weighted by Gasteiger charge is -2.05. The molecule has 0 spiro atoms. The molecule has 0 radical (unpaired) electrons. The summed E-state index contributed by atoms with van der Waals surface area (Å²) in [5.74, 6) is 1.14. The Hall–Kier alpha value is -1.32. The molecule has 0 aliphatic rings. The van der Waals surface area contributed by atoms with Gasteiger partial charge in [0.1, 0.15) is 17.3 Å². The van der Waals surface area contributed by atoms with Gasteiger partial charge < -0.3 is 9.73 Å². The van der Waals surface area contributed by atoms with Crippen LogP contribution in [0.3, 0.4) is 0 Å². The topological polar surface area (TPSA) is 25.2 Å². The summed E-state index contributed by atoms with van der Waals surface area (Å²) < 4.78 is 18.6. The van der Waals surface area contributed by atoms with E-state index in [-0.39, 0.29) is 5.82 Å². The lowest BCUT2D eigenvalue weighted by molar-refractivity contribution is 0.473. The lowest BCUT2D eigenvalue weighted by Crippen LogP contribution is -2.21. The third-order valence-electron chi connectivity index (χ3n) is 2.54. The van der Waals surface area contributed by atoms with E-state index in [1.54, 1.807) is 6.07 Å². The second-order valence-corrected chi connectivity index (χ2v) is 4.83. The third-order valence-corrected chi connectivity index (χ3v) is 2.86. The summed E-state index contributed by atoms with van der Waals surface area (Å²) in [4.78, 5) is 0. The molecule has 0 saturated carbocycles. The van der Waals surface area contributed by atoms with E-state index in [1.165, 1.54) is 12.1 Å². The number of benzene rings is 1. The molecule has 1 N–H and O–H groups in total. The molecule has 0 aliphatic carbocycles. The molecule has 0 saturated heterocycles. The molecule has 0 bridgehead atoms. The van der Waals surface area contributed by atoms with Crippen LogP contribution in [0, 0.1) is 5.82 Å². The zero-order valence-corrected chi connectivity index (χ0v) is 11.1.